The minimum Gasteiger partial charge on any atom is -0.468 e. The Morgan fingerprint density at radius 2 is 2.00 bits per heavy atom. The zero-order chi connectivity index (χ0) is 16.0. The lowest BCUT2D eigenvalue weighted by Gasteiger charge is -2.38. The highest BCUT2D eigenvalue weighted by atomic mass is 16.5. The molecular formula is C17H34N2O2. The smallest absolute Gasteiger partial charge is 0.327 e. The first-order valence-corrected chi connectivity index (χ1v) is 8.41. The highest BCUT2D eigenvalue weighted by Crippen LogP contribution is 2.41. The first kappa shape index (κ1) is 18.4. The molecule has 0 radical (unpaired) electrons. The van der Waals surface area contributed by atoms with E-state index in [0.717, 1.165) is 38.8 Å². The van der Waals surface area contributed by atoms with E-state index in [2.05, 4.69) is 45.0 Å². The number of carbonyl (C=O) groups is 1. The molecule has 1 fully saturated rings. The fraction of sp³-hybridized carbons (Fsp3) is 0.941. The molecule has 0 amide bonds. The van der Waals surface area contributed by atoms with Crippen LogP contribution in [0.25, 0.3) is 0 Å². The summed E-state index contributed by atoms with van der Waals surface area (Å²) in [5.74, 6) is 0.992. The highest BCUT2D eigenvalue weighted by molar-refractivity contribution is 5.82. The van der Waals surface area contributed by atoms with Gasteiger partial charge in [-0.3, -0.25) is 0 Å². The molecule has 124 valence electrons. The molecule has 0 heterocycles. The number of ether oxygens (including phenoxy) is 1. The van der Waals surface area contributed by atoms with Gasteiger partial charge >= 0.3 is 5.97 Å². The van der Waals surface area contributed by atoms with Crippen molar-refractivity contribution in [1.82, 2.24) is 10.2 Å². The van der Waals surface area contributed by atoms with Crippen LogP contribution in [-0.2, 0) is 9.53 Å². The third kappa shape index (κ3) is 4.96. The molecule has 1 aliphatic carbocycles. The summed E-state index contributed by atoms with van der Waals surface area (Å²) < 4.78 is 5.15. The van der Waals surface area contributed by atoms with E-state index in [1.165, 1.54) is 7.11 Å². The predicted octanol–water partition coefficient (Wildman–Crippen LogP) is 2.67. The van der Waals surface area contributed by atoms with Gasteiger partial charge in [-0.25, -0.2) is 4.79 Å². The van der Waals surface area contributed by atoms with E-state index in [1.807, 2.05) is 0 Å². The van der Waals surface area contributed by atoms with Crippen LogP contribution in [0.4, 0.5) is 0 Å². The molecule has 2 unspecified atom stereocenters. The Balaban J connectivity index is 2.82. The maximum absolute atomic E-state index is 12.5. The normalized spacial score (nSPS) is 19.6. The van der Waals surface area contributed by atoms with Gasteiger partial charge in [0, 0.05) is 12.6 Å². The number of nitrogens with one attached hydrogen (secondary N) is 1. The quantitative estimate of drug-likeness (QED) is 0.630. The fourth-order valence-corrected chi connectivity index (χ4v) is 3.15. The van der Waals surface area contributed by atoms with E-state index in [0.29, 0.717) is 17.9 Å². The SMILES string of the molecule is CCCNC(CN(C)C(C)CC(C)C)(C(=O)OC)C1CC1. The third-order valence-corrected chi connectivity index (χ3v) is 4.58. The molecule has 4 heteroatoms. The van der Waals surface area contributed by atoms with Gasteiger partial charge in [-0.05, 0) is 58.0 Å². The van der Waals surface area contributed by atoms with Crippen molar-refractivity contribution in [2.45, 2.75) is 65.0 Å². The molecule has 1 rings (SSSR count). The zero-order valence-electron chi connectivity index (χ0n) is 14.7. The topological polar surface area (TPSA) is 41.6 Å². The lowest BCUT2D eigenvalue weighted by Crippen LogP contribution is -2.61. The molecule has 0 bridgehead atoms. The van der Waals surface area contributed by atoms with E-state index in [-0.39, 0.29) is 5.97 Å². The van der Waals surface area contributed by atoms with Crippen molar-refractivity contribution in [2.75, 3.05) is 27.2 Å². The largest absolute Gasteiger partial charge is 0.468 e. The number of hydrogen-bond acceptors (Lipinski definition) is 4. The number of hydrogen-bond donors (Lipinski definition) is 1. The van der Waals surface area contributed by atoms with Crippen LogP contribution in [0.3, 0.4) is 0 Å². The summed E-state index contributed by atoms with van der Waals surface area (Å²) in [7, 11) is 3.63. The first-order chi connectivity index (χ1) is 9.87. The Labute approximate surface area is 130 Å². The number of nitrogens with zero attached hydrogens (tertiary/aromatic N) is 1. The fourth-order valence-electron chi connectivity index (χ4n) is 3.15. The van der Waals surface area contributed by atoms with Gasteiger partial charge in [0.15, 0.2) is 0 Å². The van der Waals surface area contributed by atoms with Gasteiger partial charge in [-0.1, -0.05) is 20.8 Å². The van der Waals surface area contributed by atoms with Crippen molar-refractivity contribution in [1.29, 1.82) is 0 Å². The number of methoxy groups -OCH3 is 1. The molecule has 2 atom stereocenters. The summed E-state index contributed by atoms with van der Waals surface area (Å²) in [6.07, 6.45) is 4.42. The van der Waals surface area contributed by atoms with Gasteiger partial charge in [0.1, 0.15) is 5.54 Å². The zero-order valence-corrected chi connectivity index (χ0v) is 14.7. The van der Waals surface area contributed by atoms with Crippen LogP contribution >= 0.6 is 0 Å². The Hall–Kier alpha value is -0.610. The van der Waals surface area contributed by atoms with Gasteiger partial charge < -0.3 is 15.0 Å². The standard InChI is InChI=1S/C17H34N2O2/c1-7-10-18-17(15-8-9-15,16(20)21-6)12-19(5)14(4)11-13(2)3/h13-15,18H,7-12H2,1-6H3. The number of esters is 1. The number of rotatable bonds is 10. The van der Waals surface area contributed by atoms with Gasteiger partial charge in [0.05, 0.1) is 7.11 Å². The average molecular weight is 298 g/mol. The Bertz CT molecular complexity index is 329. The maximum atomic E-state index is 12.5. The highest BCUT2D eigenvalue weighted by Gasteiger charge is 2.52. The Kier molecular flexibility index (Phi) is 7.14. The molecule has 1 saturated carbocycles. The molecule has 0 aromatic carbocycles. The van der Waals surface area contributed by atoms with Crippen LogP contribution in [0, 0.1) is 11.8 Å². The molecule has 1 N–H and O–H groups in total. The molecule has 0 aromatic rings. The summed E-state index contributed by atoms with van der Waals surface area (Å²) in [4.78, 5) is 14.8. The summed E-state index contributed by atoms with van der Waals surface area (Å²) >= 11 is 0. The molecule has 0 saturated heterocycles. The lowest BCUT2D eigenvalue weighted by atomic mass is 9.91. The molecule has 1 aliphatic rings. The summed E-state index contributed by atoms with van der Waals surface area (Å²) in [5, 5.41) is 3.52. The number of likely N-dealkylation sites (N-methyl/N-ethyl adjacent to an activating group) is 1. The summed E-state index contributed by atoms with van der Waals surface area (Å²) in [5.41, 5.74) is -0.523. The number of carbonyl (C=O) groups excluding carboxylic acids is 1. The van der Waals surface area contributed by atoms with Gasteiger partial charge in [0.2, 0.25) is 0 Å². The van der Waals surface area contributed by atoms with Crippen LogP contribution < -0.4 is 5.32 Å². The molecule has 0 aromatic heterocycles. The van der Waals surface area contributed by atoms with Gasteiger partial charge in [0.25, 0.3) is 0 Å². The van der Waals surface area contributed by atoms with Crippen molar-refractivity contribution in [3.8, 4) is 0 Å². The van der Waals surface area contributed by atoms with E-state index < -0.39 is 5.54 Å². The molecule has 0 aliphatic heterocycles. The Morgan fingerprint density at radius 3 is 2.43 bits per heavy atom. The summed E-state index contributed by atoms with van der Waals surface area (Å²) in [6, 6.07) is 0.469. The molecule has 21 heavy (non-hydrogen) atoms. The first-order valence-electron chi connectivity index (χ1n) is 8.41. The van der Waals surface area contributed by atoms with E-state index in [1.54, 1.807) is 0 Å². The third-order valence-electron chi connectivity index (χ3n) is 4.58. The second-order valence-corrected chi connectivity index (χ2v) is 7.06. The van der Waals surface area contributed by atoms with Crippen molar-refractivity contribution < 1.29 is 9.53 Å². The summed E-state index contributed by atoms with van der Waals surface area (Å²) in [6.45, 7) is 10.5. The molecule has 0 spiro atoms. The second-order valence-electron chi connectivity index (χ2n) is 7.06. The van der Waals surface area contributed by atoms with Crippen molar-refractivity contribution in [2.24, 2.45) is 11.8 Å². The van der Waals surface area contributed by atoms with Crippen LogP contribution in [0.1, 0.15) is 53.4 Å². The lowest BCUT2D eigenvalue weighted by molar-refractivity contribution is -0.151. The van der Waals surface area contributed by atoms with Crippen LogP contribution in [0.2, 0.25) is 0 Å². The minimum absolute atomic E-state index is 0.0953. The van der Waals surface area contributed by atoms with Crippen molar-refractivity contribution in [3.05, 3.63) is 0 Å². The van der Waals surface area contributed by atoms with Crippen LogP contribution in [0.15, 0.2) is 0 Å². The minimum atomic E-state index is -0.523. The Morgan fingerprint density at radius 1 is 1.38 bits per heavy atom. The molecular weight excluding hydrogens is 264 g/mol. The molecule has 4 nitrogen and oxygen atoms in total. The van der Waals surface area contributed by atoms with Crippen molar-refractivity contribution >= 4 is 5.97 Å². The van der Waals surface area contributed by atoms with Gasteiger partial charge in [-0.2, -0.15) is 0 Å². The van der Waals surface area contributed by atoms with E-state index >= 15 is 0 Å². The maximum Gasteiger partial charge on any atom is 0.327 e. The van der Waals surface area contributed by atoms with Crippen LogP contribution in [0.5, 0.6) is 0 Å². The predicted molar refractivity (Wildman–Crippen MR) is 87.3 cm³/mol. The monoisotopic (exact) mass is 298 g/mol. The second kappa shape index (κ2) is 8.14. The van der Waals surface area contributed by atoms with E-state index in [4.69, 9.17) is 4.74 Å². The van der Waals surface area contributed by atoms with Crippen LogP contribution in [-0.4, -0.2) is 49.7 Å². The van der Waals surface area contributed by atoms with E-state index in [9.17, 15) is 4.79 Å². The van der Waals surface area contributed by atoms with Gasteiger partial charge in [-0.15, -0.1) is 0 Å². The average Bonchev–Trinajstić information content (AvgIpc) is 3.26. The van der Waals surface area contributed by atoms with Crippen molar-refractivity contribution in [3.63, 3.8) is 0 Å².